The van der Waals surface area contributed by atoms with Gasteiger partial charge in [-0.2, -0.15) is 0 Å². The topological polar surface area (TPSA) is 89.3 Å². The smallest absolute Gasteiger partial charge is 0.177 e. The third kappa shape index (κ3) is 3.97. The van der Waals surface area contributed by atoms with Crippen molar-refractivity contribution in [2.45, 2.75) is 32.6 Å². The van der Waals surface area contributed by atoms with Crippen molar-refractivity contribution in [1.29, 1.82) is 0 Å². The molecule has 7 heteroatoms. The molecule has 1 heterocycles. The first-order valence-corrected chi connectivity index (χ1v) is 9.96. The molecule has 0 spiro atoms. The van der Waals surface area contributed by atoms with Gasteiger partial charge in [0.2, 0.25) is 0 Å². The summed E-state index contributed by atoms with van der Waals surface area (Å²) in [5.41, 5.74) is 7.77. The van der Waals surface area contributed by atoms with E-state index < -0.39 is 9.84 Å². The molecule has 1 fully saturated rings. The fourth-order valence-electron chi connectivity index (χ4n) is 2.16. The molecule has 0 aromatic carbocycles. The zero-order chi connectivity index (χ0) is 15.8. The Hall–Kier alpha value is -1.08. The Morgan fingerprint density at radius 2 is 2.05 bits per heavy atom. The Morgan fingerprint density at radius 3 is 2.52 bits per heavy atom. The van der Waals surface area contributed by atoms with E-state index in [0.29, 0.717) is 23.0 Å². The van der Waals surface area contributed by atoms with Crippen LogP contribution in [0.3, 0.4) is 0 Å². The summed E-state index contributed by atoms with van der Waals surface area (Å²) >= 11 is 1.36. The van der Waals surface area contributed by atoms with E-state index in [1.54, 1.807) is 0 Å². The second kappa shape index (κ2) is 5.96. The van der Waals surface area contributed by atoms with E-state index in [4.69, 9.17) is 5.73 Å². The second-order valence-corrected chi connectivity index (χ2v) is 9.22. The number of hydrogen-bond acceptors (Lipinski definition) is 6. The number of anilines is 2. The van der Waals surface area contributed by atoms with Crippen LogP contribution in [0, 0.1) is 5.92 Å². The van der Waals surface area contributed by atoms with Crippen LogP contribution >= 0.6 is 11.3 Å². The summed E-state index contributed by atoms with van der Waals surface area (Å²) in [5.74, 6) is 0.440. The van der Waals surface area contributed by atoms with Crippen LogP contribution in [0.1, 0.15) is 47.8 Å². The van der Waals surface area contributed by atoms with Gasteiger partial charge in [0, 0.05) is 24.3 Å². The van der Waals surface area contributed by atoms with Crippen molar-refractivity contribution in [3.8, 4) is 0 Å². The van der Waals surface area contributed by atoms with E-state index in [9.17, 15) is 13.2 Å². The summed E-state index contributed by atoms with van der Waals surface area (Å²) in [6, 6.07) is 0. The van der Waals surface area contributed by atoms with Gasteiger partial charge in [-0.3, -0.25) is 4.79 Å². The summed E-state index contributed by atoms with van der Waals surface area (Å²) in [4.78, 5) is 12.8. The molecule has 1 aromatic heterocycles. The standard InChI is InChI=1S/C14H22N2O3S2/c1-8(2)12(17)13-11(15)10(9-4-5-9)14(20-13)16-6-7-21(3,18)19/h8-9,16H,4-7,15H2,1-3H3. The van der Waals surface area contributed by atoms with Crippen molar-refractivity contribution in [1.82, 2.24) is 0 Å². The van der Waals surface area contributed by atoms with E-state index in [-0.39, 0.29) is 17.5 Å². The molecule has 3 N–H and O–H groups in total. The zero-order valence-electron chi connectivity index (χ0n) is 12.6. The highest BCUT2D eigenvalue weighted by Crippen LogP contribution is 2.51. The maximum Gasteiger partial charge on any atom is 0.177 e. The molecule has 0 amide bonds. The molecule has 2 rings (SSSR count). The lowest BCUT2D eigenvalue weighted by atomic mass is 10.0. The van der Waals surface area contributed by atoms with Gasteiger partial charge >= 0.3 is 0 Å². The average Bonchev–Trinajstić information content (AvgIpc) is 3.12. The molecule has 1 aliphatic rings. The predicted molar refractivity (Wildman–Crippen MR) is 88.1 cm³/mol. The molecule has 0 bridgehead atoms. The van der Waals surface area contributed by atoms with Crippen LogP contribution in [0.2, 0.25) is 0 Å². The molecule has 0 saturated heterocycles. The van der Waals surface area contributed by atoms with Gasteiger partial charge in [-0.25, -0.2) is 8.42 Å². The highest BCUT2D eigenvalue weighted by molar-refractivity contribution is 7.90. The highest BCUT2D eigenvalue weighted by Gasteiger charge is 2.33. The van der Waals surface area contributed by atoms with Gasteiger partial charge in [0.15, 0.2) is 5.78 Å². The van der Waals surface area contributed by atoms with Crippen molar-refractivity contribution in [3.63, 3.8) is 0 Å². The third-order valence-electron chi connectivity index (χ3n) is 3.48. The molecule has 0 radical (unpaired) electrons. The molecule has 118 valence electrons. The normalized spacial score (nSPS) is 15.4. The summed E-state index contributed by atoms with van der Waals surface area (Å²) in [6.45, 7) is 4.05. The SMILES string of the molecule is CC(C)C(=O)c1sc(NCCS(C)(=O)=O)c(C2CC2)c1N. The van der Waals surface area contributed by atoms with Crippen LogP contribution in [0.25, 0.3) is 0 Å². The van der Waals surface area contributed by atoms with Crippen LogP contribution in [0.15, 0.2) is 0 Å². The number of nitrogens with two attached hydrogens (primary N) is 1. The number of sulfone groups is 1. The van der Waals surface area contributed by atoms with Crippen LogP contribution < -0.4 is 11.1 Å². The predicted octanol–water partition coefficient (Wildman–Crippen LogP) is 2.50. The van der Waals surface area contributed by atoms with Crippen LogP contribution in [-0.2, 0) is 9.84 Å². The number of nitrogens with one attached hydrogen (secondary N) is 1. The number of thiophene rings is 1. The molecular formula is C14H22N2O3S2. The number of nitrogen functional groups attached to an aromatic ring is 1. The Kier molecular flexibility index (Phi) is 4.63. The number of Topliss-reactive ketones (excluding diaryl/α,β-unsaturated/α-hetero) is 1. The summed E-state index contributed by atoms with van der Waals surface area (Å²) in [6.07, 6.45) is 3.38. The van der Waals surface area contributed by atoms with E-state index in [1.165, 1.54) is 17.6 Å². The van der Waals surface area contributed by atoms with Crippen molar-refractivity contribution < 1.29 is 13.2 Å². The molecule has 21 heavy (non-hydrogen) atoms. The Bertz CT molecular complexity index is 643. The minimum atomic E-state index is -3.00. The van der Waals surface area contributed by atoms with Crippen LogP contribution in [0.4, 0.5) is 10.7 Å². The first kappa shape index (κ1) is 16.3. The average molecular weight is 330 g/mol. The number of ketones is 1. The molecule has 5 nitrogen and oxygen atoms in total. The molecule has 1 saturated carbocycles. The highest BCUT2D eigenvalue weighted by atomic mass is 32.2. The minimum absolute atomic E-state index is 0.0514. The maximum absolute atomic E-state index is 12.2. The van der Waals surface area contributed by atoms with Crippen LogP contribution in [-0.4, -0.2) is 32.8 Å². The van der Waals surface area contributed by atoms with E-state index in [0.717, 1.165) is 23.4 Å². The third-order valence-corrected chi connectivity index (χ3v) is 5.62. The maximum atomic E-state index is 12.2. The first-order valence-electron chi connectivity index (χ1n) is 7.08. The van der Waals surface area contributed by atoms with Gasteiger partial charge in [0.25, 0.3) is 0 Å². The fraction of sp³-hybridized carbons (Fsp3) is 0.643. The number of hydrogen-bond donors (Lipinski definition) is 2. The van der Waals surface area contributed by atoms with Gasteiger partial charge in [0.1, 0.15) is 9.84 Å². The lowest BCUT2D eigenvalue weighted by molar-refractivity contribution is 0.0944. The van der Waals surface area contributed by atoms with Crippen molar-refractivity contribution in [3.05, 3.63) is 10.4 Å². The molecule has 1 aromatic rings. The van der Waals surface area contributed by atoms with Gasteiger partial charge in [0.05, 0.1) is 21.3 Å². The van der Waals surface area contributed by atoms with Gasteiger partial charge < -0.3 is 11.1 Å². The van der Waals surface area contributed by atoms with E-state index >= 15 is 0 Å². The largest absolute Gasteiger partial charge is 0.397 e. The lowest BCUT2D eigenvalue weighted by Crippen LogP contribution is -2.14. The fourth-order valence-corrected chi connectivity index (χ4v) is 3.95. The summed E-state index contributed by atoms with van der Waals surface area (Å²) in [5, 5.41) is 4.02. The number of carbonyl (C=O) groups excluding carboxylic acids is 1. The molecule has 0 aliphatic heterocycles. The lowest BCUT2D eigenvalue weighted by Gasteiger charge is -2.06. The van der Waals surface area contributed by atoms with Gasteiger partial charge in [-0.15, -0.1) is 11.3 Å². The van der Waals surface area contributed by atoms with Crippen molar-refractivity contribution in [2.24, 2.45) is 5.92 Å². The van der Waals surface area contributed by atoms with E-state index in [2.05, 4.69) is 5.32 Å². The quantitative estimate of drug-likeness (QED) is 0.750. The first-order chi connectivity index (χ1) is 9.70. The van der Waals surface area contributed by atoms with Crippen molar-refractivity contribution >= 4 is 37.6 Å². The van der Waals surface area contributed by atoms with E-state index in [1.807, 2.05) is 13.8 Å². The zero-order valence-corrected chi connectivity index (χ0v) is 14.2. The number of carbonyl (C=O) groups is 1. The number of rotatable bonds is 7. The molecule has 0 atom stereocenters. The van der Waals surface area contributed by atoms with Gasteiger partial charge in [-0.05, 0) is 18.8 Å². The second-order valence-electron chi connectivity index (χ2n) is 5.94. The van der Waals surface area contributed by atoms with Crippen LogP contribution in [0.5, 0.6) is 0 Å². The van der Waals surface area contributed by atoms with Crippen molar-refractivity contribution in [2.75, 3.05) is 29.6 Å². The van der Waals surface area contributed by atoms with Gasteiger partial charge in [-0.1, -0.05) is 13.8 Å². The Labute approximate surface area is 129 Å². The molecule has 0 unspecified atom stereocenters. The minimum Gasteiger partial charge on any atom is -0.397 e. The Morgan fingerprint density at radius 1 is 1.43 bits per heavy atom. The summed E-state index contributed by atoms with van der Waals surface area (Å²) < 4.78 is 22.4. The molecular weight excluding hydrogens is 308 g/mol. The monoisotopic (exact) mass is 330 g/mol. The summed E-state index contributed by atoms with van der Waals surface area (Å²) in [7, 11) is -3.00. The Balaban J connectivity index is 2.23. The molecule has 1 aliphatic carbocycles.